The van der Waals surface area contributed by atoms with Crippen molar-refractivity contribution in [2.24, 2.45) is 5.92 Å². The van der Waals surface area contributed by atoms with Gasteiger partial charge in [0.1, 0.15) is 0 Å². The summed E-state index contributed by atoms with van der Waals surface area (Å²) in [5, 5.41) is 10.1. The maximum atomic E-state index is 10.1. The third-order valence-electron chi connectivity index (χ3n) is 2.95. The zero-order valence-corrected chi connectivity index (χ0v) is 10.8. The highest BCUT2D eigenvalue weighted by atomic mass is 16.5. The van der Waals surface area contributed by atoms with Crippen molar-refractivity contribution in [1.29, 1.82) is 0 Å². The van der Waals surface area contributed by atoms with Gasteiger partial charge in [-0.05, 0) is 23.5 Å². The van der Waals surface area contributed by atoms with E-state index in [4.69, 9.17) is 9.47 Å². The molecule has 0 aromatic heterocycles. The third-order valence-corrected chi connectivity index (χ3v) is 2.95. The van der Waals surface area contributed by atoms with Crippen LogP contribution in [-0.4, -0.2) is 25.9 Å². The van der Waals surface area contributed by atoms with Crippen LogP contribution in [-0.2, 0) is 16.1 Å². The largest absolute Gasteiger partial charge is 0.388 e. The van der Waals surface area contributed by atoms with Crippen LogP contribution in [0.15, 0.2) is 24.3 Å². The minimum absolute atomic E-state index is 0.197. The van der Waals surface area contributed by atoms with Crippen LogP contribution in [0.25, 0.3) is 0 Å². The molecule has 0 spiro atoms. The fraction of sp³-hybridized carbons (Fsp3) is 0.571. The quantitative estimate of drug-likeness (QED) is 0.793. The second-order valence-corrected chi connectivity index (χ2v) is 4.38. The van der Waals surface area contributed by atoms with Gasteiger partial charge in [-0.2, -0.15) is 0 Å². The number of hydrogen-bond acceptors (Lipinski definition) is 3. The molecule has 1 N–H and O–H groups in total. The monoisotopic (exact) mass is 238 g/mol. The van der Waals surface area contributed by atoms with Gasteiger partial charge in [-0.3, -0.25) is 0 Å². The van der Waals surface area contributed by atoms with Crippen molar-refractivity contribution in [3.63, 3.8) is 0 Å². The first-order chi connectivity index (χ1) is 8.19. The van der Waals surface area contributed by atoms with Crippen LogP contribution in [0.1, 0.15) is 30.6 Å². The first-order valence-corrected chi connectivity index (χ1v) is 5.93. The zero-order valence-electron chi connectivity index (χ0n) is 10.8. The van der Waals surface area contributed by atoms with E-state index in [2.05, 4.69) is 0 Å². The molecule has 0 bridgehead atoms. The molecule has 0 saturated heterocycles. The lowest BCUT2D eigenvalue weighted by Crippen LogP contribution is -2.11. The van der Waals surface area contributed by atoms with Crippen LogP contribution >= 0.6 is 0 Å². The summed E-state index contributed by atoms with van der Waals surface area (Å²) in [5.41, 5.74) is 2.07. The van der Waals surface area contributed by atoms with Gasteiger partial charge in [0.25, 0.3) is 0 Å². The molecule has 96 valence electrons. The Bertz CT molecular complexity index is 308. The molecule has 0 radical (unpaired) electrons. The van der Waals surface area contributed by atoms with E-state index < -0.39 is 6.10 Å². The summed E-state index contributed by atoms with van der Waals surface area (Å²) in [4.78, 5) is 0. The van der Waals surface area contributed by atoms with Crippen molar-refractivity contribution < 1.29 is 14.6 Å². The fourth-order valence-corrected chi connectivity index (χ4v) is 1.77. The SMILES string of the molecule is COCCC(C)C(O)c1ccc(COC)cc1. The highest BCUT2D eigenvalue weighted by Gasteiger charge is 2.15. The smallest absolute Gasteiger partial charge is 0.0816 e. The van der Waals surface area contributed by atoms with Gasteiger partial charge in [0.05, 0.1) is 12.7 Å². The maximum Gasteiger partial charge on any atom is 0.0816 e. The Labute approximate surface area is 103 Å². The Balaban J connectivity index is 2.58. The summed E-state index contributed by atoms with van der Waals surface area (Å²) in [7, 11) is 3.36. The van der Waals surface area contributed by atoms with Gasteiger partial charge in [0.15, 0.2) is 0 Å². The lowest BCUT2D eigenvalue weighted by atomic mass is 9.94. The van der Waals surface area contributed by atoms with Crippen molar-refractivity contribution in [2.75, 3.05) is 20.8 Å². The Morgan fingerprint density at radius 1 is 1.12 bits per heavy atom. The van der Waals surface area contributed by atoms with Crippen molar-refractivity contribution in [3.8, 4) is 0 Å². The van der Waals surface area contributed by atoms with Gasteiger partial charge < -0.3 is 14.6 Å². The topological polar surface area (TPSA) is 38.7 Å². The van der Waals surface area contributed by atoms with E-state index in [0.29, 0.717) is 13.2 Å². The van der Waals surface area contributed by atoms with Crippen molar-refractivity contribution in [1.82, 2.24) is 0 Å². The van der Waals surface area contributed by atoms with Crippen LogP contribution in [0.3, 0.4) is 0 Å². The molecule has 0 saturated carbocycles. The lowest BCUT2D eigenvalue weighted by molar-refractivity contribution is 0.0885. The molecule has 0 aliphatic rings. The number of benzene rings is 1. The molecule has 0 fully saturated rings. The van der Waals surface area contributed by atoms with Gasteiger partial charge in [-0.15, -0.1) is 0 Å². The Morgan fingerprint density at radius 2 is 1.76 bits per heavy atom. The molecule has 0 heterocycles. The normalized spacial score (nSPS) is 14.6. The van der Waals surface area contributed by atoms with E-state index in [9.17, 15) is 5.11 Å². The van der Waals surface area contributed by atoms with Crippen LogP contribution < -0.4 is 0 Å². The molecule has 3 heteroatoms. The Hall–Kier alpha value is -0.900. The summed E-state index contributed by atoms with van der Waals surface area (Å²) in [6.45, 7) is 3.32. The van der Waals surface area contributed by atoms with Gasteiger partial charge in [-0.25, -0.2) is 0 Å². The Morgan fingerprint density at radius 3 is 2.29 bits per heavy atom. The second kappa shape index (κ2) is 7.43. The zero-order chi connectivity index (χ0) is 12.7. The van der Waals surface area contributed by atoms with Crippen molar-refractivity contribution in [3.05, 3.63) is 35.4 Å². The molecule has 0 aliphatic heterocycles. The molecule has 0 aliphatic carbocycles. The van der Waals surface area contributed by atoms with Crippen LogP contribution in [0, 0.1) is 5.92 Å². The molecule has 2 unspecified atom stereocenters. The van der Waals surface area contributed by atoms with Crippen LogP contribution in [0.2, 0.25) is 0 Å². The molecule has 0 amide bonds. The third kappa shape index (κ3) is 4.46. The predicted molar refractivity (Wildman–Crippen MR) is 67.8 cm³/mol. The first-order valence-electron chi connectivity index (χ1n) is 5.93. The predicted octanol–water partition coefficient (Wildman–Crippen LogP) is 2.54. The molecule has 1 rings (SSSR count). The van der Waals surface area contributed by atoms with Crippen LogP contribution in [0.5, 0.6) is 0 Å². The van der Waals surface area contributed by atoms with E-state index in [1.54, 1.807) is 14.2 Å². The molecular weight excluding hydrogens is 216 g/mol. The molecule has 3 nitrogen and oxygen atoms in total. The van der Waals surface area contributed by atoms with E-state index in [1.807, 2.05) is 31.2 Å². The Kier molecular flexibility index (Phi) is 6.19. The minimum atomic E-state index is -0.429. The maximum absolute atomic E-state index is 10.1. The number of hydrogen-bond donors (Lipinski definition) is 1. The molecule has 1 aromatic carbocycles. The first kappa shape index (κ1) is 14.2. The van der Waals surface area contributed by atoms with E-state index >= 15 is 0 Å². The number of methoxy groups -OCH3 is 2. The van der Waals surface area contributed by atoms with Gasteiger partial charge in [-0.1, -0.05) is 31.2 Å². The standard InChI is InChI=1S/C14H22O3/c1-11(8-9-16-2)14(15)13-6-4-12(5-7-13)10-17-3/h4-7,11,14-15H,8-10H2,1-3H3. The number of aliphatic hydroxyl groups excluding tert-OH is 1. The molecular formula is C14H22O3. The van der Waals surface area contributed by atoms with Gasteiger partial charge in [0, 0.05) is 20.8 Å². The van der Waals surface area contributed by atoms with Gasteiger partial charge in [0.2, 0.25) is 0 Å². The molecule has 17 heavy (non-hydrogen) atoms. The van der Waals surface area contributed by atoms with Crippen molar-refractivity contribution >= 4 is 0 Å². The number of rotatable bonds is 7. The fourth-order valence-electron chi connectivity index (χ4n) is 1.77. The summed E-state index contributed by atoms with van der Waals surface area (Å²) < 4.78 is 10.1. The summed E-state index contributed by atoms with van der Waals surface area (Å²) in [5.74, 6) is 0.197. The highest BCUT2D eigenvalue weighted by Crippen LogP contribution is 2.24. The highest BCUT2D eigenvalue weighted by molar-refractivity contribution is 5.24. The number of aliphatic hydroxyl groups is 1. The lowest BCUT2D eigenvalue weighted by Gasteiger charge is -2.19. The number of ether oxygens (including phenoxy) is 2. The molecule has 1 aromatic rings. The molecule has 2 atom stereocenters. The summed E-state index contributed by atoms with van der Waals surface area (Å²) in [6, 6.07) is 7.90. The minimum Gasteiger partial charge on any atom is -0.388 e. The van der Waals surface area contributed by atoms with Crippen LogP contribution in [0.4, 0.5) is 0 Å². The van der Waals surface area contributed by atoms with Crippen molar-refractivity contribution in [2.45, 2.75) is 26.1 Å². The van der Waals surface area contributed by atoms with Gasteiger partial charge >= 0.3 is 0 Å². The average Bonchev–Trinajstić information content (AvgIpc) is 2.36. The van der Waals surface area contributed by atoms with E-state index in [1.165, 1.54) is 0 Å². The van der Waals surface area contributed by atoms with E-state index in [-0.39, 0.29) is 5.92 Å². The summed E-state index contributed by atoms with van der Waals surface area (Å²) in [6.07, 6.45) is 0.430. The second-order valence-electron chi connectivity index (χ2n) is 4.38. The van der Waals surface area contributed by atoms with E-state index in [0.717, 1.165) is 17.5 Å². The summed E-state index contributed by atoms with van der Waals surface area (Å²) >= 11 is 0. The average molecular weight is 238 g/mol.